The minimum absolute atomic E-state index is 0.0432. The van der Waals surface area contributed by atoms with E-state index in [9.17, 15) is 0 Å². The maximum atomic E-state index is 4.18. The molecule has 2 nitrogen and oxygen atoms in total. The van der Waals surface area contributed by atoms with E-state index in [1.54, 1.807) is 0 Å². The molecule has 2 heteroatoms. The summed E-state index contributed by atoms with van der Waals surface area (Å²) in [5, 5.41) is 2.50. The Morgan fingerprint density at radius 2 is 1.35 bits per heavy atom. The number of rotatable bonds is 6. The molecule has 1 unspecified atom stereocenters. The summed E-state index contributed by atoms with van der Waals surface area (Å²) in [5.74, 6) is 0.432. The molecule has 0 saturated heterocycles. The Labute approximate surface area is 355 Å². The minimum atomic E-state index is -0.0712. The average Bonchev–Trinajstić information content (AvgIpc) is 3.80. The number of nitrogens with zero attached hydrogens (tertiary/aromatic N) is 2. The molecule has 294 valence electrons. The zero-order chi connectivity index (χ0) is 40.6. The minimum Gasteiger partial charge on any atom is -0.341 e. The first-order valence-electron chi connectivity index (χ1n) is 22.0. The smallest absolute Gasteiger partial charge is 0.0502 e. The van der Waals surface area contributed by atoms with Crippen molar-refractivity contribution in [2.45, 2.75) is 63.7 Å². The van der Waals surface area contributed by atoms with Crippen LogP contribution >= 0.6 is 0 Å². The summed E-state index contributed by atoms with van der Waals surface area (Å²) < 4.78 is 0. The van der Waals surface area contributed by atoms with Crippen molar-refractivity contribution in [2.24, 2.45) is 5.92 Å². The molecule has 0 bridgehead atoms. The summed E-state index contributed by atoms with van der Waals surface area (Å²) in [7, 11) is 0. The highest BCUT2D eigenvalue weighted by atomic mass is 15.2. The summed E-state index contributed by atoms with van der Waals surface area (Å²) >= 11 is 0. The van der Waals surface area contributed by atoms with Gasteiger partial charge in [0.05, 0.1) is 11.4 Å². The molecule has 0 radical (unpaired) electrons. The van der Waals surface area contributed by atoms with Crippen LogP contribution in [0.4, 0.5) is 22.7 Å². The van der Waals surface area contributed by atoms with Gasteiger partial charge >= 0.3 is 0 Å². The fourth-order valence-corrected chi connectivity index (χ4v) is 11.6. The maximum absolute atomic E-state index is 4.18. The Hall–Kier alpha value is -6.38. The zero-order valence-corrected chi connectivity index (χ0v) is 35.1. The molecule has 11 rings (SSSR count). The maximum Gasteiger partial charge on any atom is 0.0502 e. The molecule has 0 fully saturated rings. The second kappa shape index (κ2) is 14.1. The third kappa shape index (κ3) is 5.68. The first kappa shape index (κ1) is 36.7. The number of allylic oxidation sites excluding steroid dienone is 9. The van der Waals surface area contributed by atoms with Gasteiger partial charge in [0.1, 0.15) is 0 Å². The van der Waals surface area contributed by atoms with E-state index >= 15 is 0 Å². The monoisotopic (exact) mass is 776 g/mol. The molecule has 1 atom stereocenters. The normalized spacial score (nSPS) is 19.6. The van der Waals surface area contributed by atoms with Gasteiger partial charge in [0.2, 0.25) is 0 Å². The van der Waals surface area contributed by atoms with Crippen LogP contribution in [0.2, 0.25) is 0 Å². The molecule has 3 aliphatic carbocycles. The predicted octanol–water partition coefficient (Wildman–Crippen LogP) is 14.7. The first-order valence-corrected chi connectivity index (χ1v) is 22.0. The standard InChI is InChI=1S/C58H52N2/c1-5-14-54-41(6-2)17-13-32-59(54)46-29-31-49-48-30-25-40(34-52(48)58(53(49)36-46)37-44-15-7-8-16-45(44)38-58)23-22-39-24-26-43-35-47(28-27-42(43)33-39)60-55-20-11-9-18-50(55)57(3,4)51-19-10-12-21-56(51)60/h5-12,14-16,18-31,33,35-36,52H,2,13,17,32,34,37-38H2,1,3-4H3/b14-5-,23-22+. The Morgan fingerprint density at radius 1 is 0.667 bits per heavy atom. The Balaban J connectivity index is 0.905. The quantitative estimate of drug-likeness (QED) is 0.166. The van der Waals surface area contributed by atoms with E-state index in [0.29, 0.717) is 5.92 Å². The van der Waals surface area contributed by atoms with Crippen LogP contribution in [-0.2, 0) is 23.7 Å². The highest BCUT2D eigenvalue weighted by molar-refractivity contribution is 5.93. The first-order chi connectivity index (χ1) is 29.4. The molecular weight excluding hydrogens is 725 g/mol. The number of hydrogen-bond donors (Lipinski definition) is 0. The molecule has 60 heavy (non-hydrogen) atoms. The van der Waals surface area contributed by atoms with Gasteiger partial charge in [-0.1, -0.05) is 142 Å². The van der Waals surface area contributed by atoms with E-state index in [2.05, 4.69) is 207 Å². The fourth-order valence-electron chi connectivity index (χ4n) is 11.6. The molecule has 0 aromatic heterocycles. The van der Waals surface area contributed by atoms with Crippen molar-refractivity contribution < 1.29 is 0 Å². The van der Waals surface area contributed by atoms with Crippen molar-refractivity contribution in [3.05, 3.63) is 226 Å². The van der Waals surface area contributed by atoms with Gasteiger partial charge in [0, 0.05) is 34.4 Å². The topological polar surface area (TPSA) is 6.48 Å². The van der Waals surface area contributed by atoms with E-state index < -0.39 is 0 Å². The van der Waals surface area contributed by atoms with Crippen molar-refractivity contribution in [3.63, 3.8) is 0 Å². The predicted molar refractivity (Wildman–Crippen MR) is 255 cm³/mol. The fraction of sp³-hybridized carbons (Fsp3) is 0.207. The number of anilines is 4. The summed E-state index contributed by atoms with van der Waals surface area (Å²) in [6.45, 7) is 12.0. The van der Waals surface area contributed by atoms with Gasteiger partial charge in [0.15, 0.2) is 0 Å². The number of fused-ring (bicyclic) bond motifs is 9. The van der Waals surface area contributed by atoms with E-state index in [-0.39, 0.29) is 10.8 Å². The molecule has 2 heterocycles. The van der Waals surface area contributed by atoms with Gasteiger partial charge < -0.3 is 9.80 Å². The number of para-hydroxylation sites is 2. The second-order valence-corrected chi connectivity index (χ2v) is 18.1. The van der Waals surface area contributed by atoms with Crippen LogP contribution in [0, 0.1) is 5.92 Å². The summed E-state index contributed by atoms with van der Waals surface area (Å²) in [4.78, 5) is 4.98. The molecule has 1 spiro atoms. The molecule has 0 amide bonds. The Bertz CT molecular complexity index is 2830. The van der Waals surface area contributed by atoms with Gasteiger partial charge in [-0.05, 0) is 160 Å². The van der Waals surface area contributed by atoms with Gasteiger partial charge in [-0.15, -0.1) is 0 Å². The third-order valence-corrected chi connectivity index (χ3v) is 14.5. The van der Waals surface area contributed by atoms with Crippen LogP contribution in [0.25, 0.3) is 22.4 Å². The Morgan fingerprint density at radius 3 is 2.08 bits per heavy atom. The highest BCUT2D eigenvalue weighted by Crippen LogP contribution is 2.60. The van der Waals surface area contributed by atoms with Crippen LogP contribution in [0.15, 0.2) is 187 Å². The number of hydrogen-bond acceptors (Lipinski definition) is 2. The third-order valence-electron chi connectivity index (χ3n) is 14.5. The van der Waals surface area contributed by atoms with E-state index in [0.717, 1.165) is 38.6 Å². The van der Waals surface area contributed by atoms with Crippen LogP contribution in [0.1, 0.15) is 79.0 Å². The zero-order valence-electron chi connectivity index (χ0n) is 35.1. The molecule has 6 aromatic rings. The van der Waals surface area contributed by atoms with Crippen LogP contribution < -0.4 is 9.80 Å². The molecule has 0 N–H and O–H groups in total. The van der Waals surface area contributed by atoms with E-state index in [1.165, 1.54) is 94.9 Å². The van der Waals surface area contributed by atoms with Crippen LogP contribution in [-0.4, -0.2) is 6.54 Å². The lowest BCUT2D eigenvalue weighted by atomic mass is 9.68. The highest BCUT2D eigenvalue weighted by Gasteiger charge is 2.53. The Kier molecular flexibility index (Phi) is 8.64. The summed E-state index contributed by atoms with van der Waals surface area (Å²) in [5.41, 5.74) is 20.5. The lowest BCUT2D eigenvalue weighted by Crippen LogP contribution is -2.33. The summed E-state index contributed by atoms with van der Waals surface area (Å²) in [6.07, 6.45) is 21.5. The lowest BCUT2D eigenvalue weighted by molar-refractivity contribution is 0.356. The van der Waals surface area contributed by atoms with Gasteiger partial charge in [-0.3, -0.25) is 0 Å². The van der Waals surface area contributed by atoms with Crippen molar-refractivity contribution in [2.75, 3.05) is 16.3 Å². The van der Waals surface area contributed by atoms with E-state index in [4.69, 9.17) is 0 Å². The average molecular weight is 777 g/mol. The summed E-state index contributed by atoms with van der Waals surface area (Å²) in [6, 6.07) is 48.2. The van der Waals surface area contributed by atoms with Gasteiger partial charge in [0.25, 0.3) is 0 Å². The second-order valence-electron chi connectivity index (χ2n) is 18.1. The molecule has 5 aliphatic rings. The SMILES string of the molecule is C=CC1=C(/C=C\C)N(c2ccc3c(c2)C2(Cc4ccccc4C2)C2CC(/C=C/c4ccc5cc(N6c7ccccc7C(C)(C)c7ccccc76)ccc5c4)=CC=C32)CCC1. The largest absolute Gasteiger partial charge is 0.341 e. The van der Waals surface area contributed by atoms with Crippen molar-refractivity contribution >= 4 is 45.2 Å². The molecule has 2 aliphatic heterocycles. The van der Waals surface area contributed by atoms with Crippen LogP contribution in [0.5, 0.6) is 0 Å². The molecule has 0 saturated carbocycles. The van der Waals surface area contributed by atoms with Crippen molar-refractivity contribution in [1.82, 2.24) is 0 Å². The van der Waals surface area contributed by atoms with Crippen LogP contribution in [0.3, 0.4) is 0 Å². The van der Waals surface area contributed by atoms with Crippen molar-refractivity contribution in [3.8, 4) is 0 Å². The van der Waals surface area contributed by atoms with Gasteiger partial charge in [-0.2, -0.15) is 0 Å². The lowest BCUT2D eigenvalue weighted by Gasteiger charge is -2.42. The van der Waals surface area contributed by atoms with Crippen molar-refractivity contribution in [1.29, 1.82) is 0 Å². The molecule has 6 aromatic carbocycles. The molecular formula is C58H52N2. The van der Waals surface area contributed by atoms with Gasteiger partial charge in [-0.25, -0.2) is 0 Å². The van der Waals surface area contributed by atoms with E-state index in [1.807, 2.05) is 0 Å². The number of benzene rings is 6.